The van der Waals surface area contributed by atoms with Crippen molar-refractivity contribution in [3.05, 3.63) is 23.8 Å². The van der Waals surface area contributed by atoms with Gasteiger partial charge >= 0.3 is 0 Å². The molecule has 1 fully saturated rings. The van der Waals surface area contributed by atoms with Crippen LogP contribution in [0.2, 0.25) is 0 Å². The Kier molecular flexibility index (Phi) is 3.62. The van der Waals surface area contributed by atoms with E-state index in [0.717, 1.165) is 36.1 Å². The molecule has 1 aromatic rings. The van der Waals surface area contributed by atoms with Crippen LogP contribution in [0.15, 0.2) is 18.2 Å². The summed E-state index contributed by atoms with van der Waals surface area (Å²) in [4.78, 5) is 2.45. The largest absolute Gasteiger partial charge is 0.486 e. The number of nitrogens with two attached hydrogens (primary N) is 1. The molecule has 2 aliphatic heterocycles. The molecule has 0 radical (unpaired) electrons. The molecule has 2 aliphatic rings. The minimum Gasteiger partial charge on any atom is -0.486 e. The lowest BCUT2D eigenvalue weighted by atomic mass is 10.1. The maximum atomic E-state index is 6.32. The summed E-state index contributed by atoms with van der Waals surface area (Å²) < 4.78 is 11.1. The lowest BCUT2D eigenvalue weighted by Crippen LogP contribution is -2.30. The van der Waals surface area contributed by atoms with E-state index < -0.39 is 0 Å². The second-order valence-electron chi connectivity index (χ2n) is 5.66. The van der Waals surface area contributed by atoms with E-state index in [0.29, 0.717) is 13.2 Å². The number of benzene rings is 1. The van der Waals surface area contributed by atoms with E-state index in [1.165, 1.54) is 13.0 Å². The SMILES string of the molecule is CC1CCN(CC(N)c2ccc3c(c2)OCCO3)C1. The zero-order valence-electron chi connectivity index (χ0n) is 11.5. The number of likely N-dealkylation sites (tertiary alicyclic amines) is 1. The summed E-state index contributed by atoms with van der Waals surface area (Å²) in [7, 11) is 0. The van der Waals surface area contributed by atoms with Crippen LogP contribution in [0.5, 0.6) is 11.5 Å². The topological polar surface area (TPSA) is 47.7 Å². The Morgan fingerprint density at radius 3 is 2.84 bits per heavy atom. The van der Waals surface area contributed by atoms with Crippen LogP contribution in [0.25, 0.3) is 0 Å². The maximum absolute atomic E-state index is 6.32. The predicted octanol–water partition coefficient (Wildman–Crippen LogP) is 1.80. The molecule has 0 spiro atoms. The van der Waals surface area contributed by atoms with Crippen LogP contribution in [-0.4, -0.2) is 37.7 Å². The van der Waals surface area contributed by atoms with Gasteiger partial charge in [-0.15, -0.1) is 0 Å². The van der Waals surface area contributed by atoms with Crippen molar-refractivity contribution in [3.8, 4) is 11.5 Å². The van der Waals surface area contributed by atoms with Gasteiger partial charge in [0.25, 0.3) is 0 Å². The van der Waals surface area contributed by atoms with Crippen LogP contribution in [0.3, 0.4) is 0 Å². The van der Waals surface area contributed by atoms with Gasteiger partial charge in [-0.25, -0.2) is 0 Å². The molecule has 3 rings (SSSR count). The van der Waals surface area contributed by atoms with Crippen molar-refractivity contribution in [1.29, 1.82) is 0 Å². The highest BCUT2D eigenvalue weighted by molar-refractivity contribution is 5.44. The number of hydrogen-bond donors (Lipinski definition) is 1. The quantitative estimate of drug-likeness (QED) is 0.902. The first-order valence-electron chi connectivity index (χ1n) is 7.10. The summed E-state index contributed by atoms with van der Waals surface area (Å²) in [5.74, 6) is 2.46. The molecule has 2 N–H and O–H groups in total. The Labute approximate surface area is 114 Å². The molecule has 0 aromatic heterocycles. The predicted molar refractivity (Wildman–Crippen MR) is 74.6 cm³/mol. The van der Waals surface area contributed by atoms with E-state index in [1.807, 2.05) is 12.1 Å². The third-order valence-electron chi connectivity index (χ3n) is 3.96. The third-order valence-corrected chi connectivity index (χ3v) is 3.96. The van der Waals surface area contributed by atoms with E-state index in [-0.39, 0.29) is 6.04 Å². The first-order valence-corrected chi connectivity index (χ1v) is 7.10. The van der Waals surface area contributed by atoms with E-state index in [9.17, 15) is 0 Å². The lowest BCUT2D eigenvalue weighted by molar-refractivity contribution is 0.171. The molecule has 0 bridgehead atoms. The van der Waals surface area contributed by atoms with Gasteiger partial charge in [-0.3, -0.25) is 0 Å². The standard InChI is InChI=1S/C15H22N2O2/c1-11-4-5-17(9-11)10-13(16)12-2-3-14-15(8-12)19-7-6-18-14/h2-3,8,11,13H,4-7,9-10,16H2,1H3. The molecule has 2 unspecified atom stereocenters. The van der Waals surface area contributed by atoms with E-state index >= 15 is 0 Å². The molecule has 2 atom stereocenters. The molecule has 4 heteroatoms. The van der Waals surface area contributed by atoms with E-state index in [4.69, 9.17) is 15.2 Å². The van der Waals surface area contributed by atoms with Crippen LogP contribution in [0, 0.1) is 5.92 Å². The molecular weight excluding hydrogens is 240 g/mol. The molecule has 2 heterocycles. The van der Waals surface area contributed by atoms with Gasteiger partial charge in [0, 0.05) is 19.1 Å². The summed E-state index contributed by atoms with van der Waals surface area (Å²) in [6.07, 6.45) is 1.29. The van der Waals surface area contributed by atoms with Gasteiger partial charge in [-0.05, 0) is 36.6 Å². The molecule has 0 aliphatic carbocycles. The number of rotatable bonds is 3. The van der Waals surface area contributed by atoms with Crippen molar-refractivity contribution in [2.75, 3.05) is 32.8 Å². The average molecular weight is 262 g/mol. The van der Waals surface area contributed by atoms with Gasteiger partial charge in [0.05, 0.1) is 0 Å². The second-order valence-corrected chi connectivity index (χ2v) is 5.66. The molecule has 0 amide bonds. The third kappa shape index (κ3) is 2.85. The van der Waals surface area contributed by atoms with Crippen LogP contribution in [-0.2, 0) is 0 Å². The number of fused-ring (bicyclic) bond motifs is 1. The zero-order chi connectivity index (χ0) is 13.2. The summed E-state index contributed by atoms with van der Waals surface area (Å²) in [5, 5.41) is 0. The van der Waals surface area contributed by atoms with Crippen LogP contribution in [0.4, 0.5) is 0 Å². The van der Waals surface area contributed by atoms with Crippen LogP contribution >= 0.6 is 0 Å². The Morgan fingerprint density at radius 2 is 2.11 bits per heavy atom. The zero-order valence-corrected chi connectivity index (χ0v) is 11.5. The average Bonchev–Trinajstić information content (AvgIpc) is 2.83. The van der Waals surface area contributed by atoms with Crippen molar-refractivity contribution in [2.24, 2.45) is 11.7 Å². The monoisotopic (exact) mass is 262 g/mol. The van der Waals surface area contributed by atoms with E-state index in [1.54, 1.807) is 0 Å². The molecule has 1 aromatic carbocycles. The smallest absolute Gasteiger partial charge is 0.161 e. The molecular formula is C15H22N2O2. The first kappa shape index (κ1) is 12.8. The highest BCUT2D eigenvalue weighted by Crippen LogP contribution is 2.32. The molecule has 4 nitrogen and oxygen atoms in total. The molecule has 19 heavy (non-hydrogen) atoms. The fourth-order valence-corrected chi connectivity index (χ4v) is 2.87. The lowest BCUT2D eigenvalue weighted by Gasteiger charge is -2.23. The Morgan fingerprint density at radius 1 is 1.32 bits per heavy atom. The van der Waals surface area contributed by atoms with Gasteiger partial charge in [-0.2, -0.15) is 0 Å². The van der Waals surface area contributed by atoms with E-state index in [2.05, 4.69) is 17.9 Å². The van der Waals surface area contributed by atoms with Gasteiger partial charge in [0.1, 0.15) is 13.2 Å². The maximum Gasteiger partial charge on any atom is 0.161 e. The Bertz CT molecular complexity index is 450. The van der Waals surface area contributed by atoms with Crippen molar-refractivity contribution in [2.45, 2.75) is 19.4 Å². The minimum absolute atomic E-state index is 0.0427. The molecule has 0 saturated carbocycles. The van der Waals surface area contributed by atoms with Crippen molar-refractivity contribution in [3.63, 3.8) is 0 Å². The Hall–Kier alpha value is -1.26. The summed E-state index contributed by atoms with van der Waals surface area (Å²) >= 11 is 0. The van der Waals surface area contributed by atoms with Crippen molar-refractivity contribution in [1.82, 2.24) is 4.90 Å². The number of ether oxygens (including phenoxy) is 2. The Balaban J connectivity index is 1.67. The first-order chi connectivity index (χ1) is 9.22. The highest BCUT2D eigenvalue weighted by atomic mass is 16.6. The summed E-state index contributed by atoms with van der Waals surface area (Å²) in [5.41, 5.74) is 7.44. The molecule has 104 valence electrons. The highest BCUT2D eigenvalue weighted by Gasteiger charge is 2.22. The van der Waals surface area contributed by atoms with Gasteiger partial charge < -0.3 is 20.1 Å². The van der Waals surface area contributed by atoms with Crippen molar-refractivity contribution < 1.29 is 9.47 Å². The molecule has 1 saturated heterocycles. The minimum atomic E-state index is 0.0427. The number of hydrogen-bond acceptors (Lipinski definition) is 4. The van der Waals surface area contributed by atoms with Crippen LogP contribution in [0.1, 0.15) is 24.9 Å². The summed E-state index contributed by atoms with van der Waals surface area (Å²) in [6.45, 7) is 6.80. The summed E-state index contributed by atoms with van der Waals surface area (Å²) in [6, 6.07) is 6.09. The number of nitrogens with zero attached hydrogens (tertiary/aromatic N) is 1. The second kappa shape index (κ2) is 5.39. The van der Waals surface area contributed by atoms with Crippen molar-refractivity contribution >= 4 is 0 Å². The fraction of sp³-hybridized carbons (Fsp3) is 0.600. The van der Waals surface area contributed by atoms with Crippen LogP contribution < -0.4 is 15.2 Å². The normalized spacial score (nSPS) is 24.4. The van der Waals surface area contributed by atoms with Gasteiger partial charge in [0.15, 0.2) is 11.5 Å². The van der Waals surface area contributed by atoms with Gasteiger partial charge in [0.2, 0.25) is 0 Å². The van der Waals surface area contributed by atoms with Gasteiger partial charge in [-0.1, -0.05) is 13.0 Å². The fourth-order valence-electron chi connectivity index (χ4n) is 2.87.